The second kappa shape index (κ2) is 3.97. The minimum Gasteiger partial charge on any atom is -0.872 e. The zero-order valence-electron chi connectivity index (χ0n) is 8.95. The highest BCUT2D eigenvalue weighted by Gasteiger charge is 2.14. The van der Waals surface area contributed by atoms with E-state index in [1.807, 2.05) is 0 Å². The summed E-state index contributed by atoms with van der Waals surface area (Å²) in [4.78, 5) is 10.6. The summed E-state index contributed by atoms with van der Waals surface area (Å²) in [7, 11) is -3.97. The van der Waals surface area contributed by atoms with Crippen molar-refractivity contribution in [3.05, 3.63) is 35.9 Å². The molecule has 0 atom stereocenters. The molecule has 0 aromatic heterocycles. The second-order valence-corrected chi connectivity index (χ2v) is 5.21. The molecular formula is C11H8NO5S-. The van der Waals surface area contributed by atoms with Gasteiger partial charge in [0.2, 0.25) is 10.0 Å². The predicted molar refractivity (Wildman–Crippen MR) is 61.7 cm³/mol. The fourth-order valence-electron chi connectivity index (χ4n) is 1.69. The molecule has 0 fully saturated rings. The van der Waals surface area contributed by atoms with Crippen LogP contribution in [0.3, 0.4) is 0 Å². The predicted octanol–water partition coefficient (Wildman–Crippen LogP) is 0.259. The van der Waals surface area contributed by atoms with E-state index in [1.54, 1.807) is 0 Å². The summed E-state index contributed by atoms with van der Waals surface area (Å²) >= 11 is 0. The van der Waals surface area contributed by atoms with Crippen LogP contribution < -0.4 is 10.2 Å². The molecule has 0 aliphatic rings. The first-order valence-corrected chi connectivity index (χ1v) is 6.35. The first-order valence-electron chi connectivity index (χ1n) is 4.80. The molecule has 0 aliphatic carbocycles. The number of primary sulfonamides is 1. The van der Waals surface area contributed by atoms with Crippen molar-refractivity contribution in [2.45, 2.75) is 4.90 Å². The number of hydrogen-bond donors (Lipinski definition) is 2. The van der Waals surface area contributed by atoms with Crippen LogP contribution in [0.15, 0.2) is 35.2 Å². The molecule has 0 radical (unpaired) electrons. The second-order valence-electron chi connectivity index (χ2n) is 3.68. The maximum atomic E-state index is 11.5. The summed E-state index contributed by atoms with van der Waals surface area (Å²) in [5.74, 6) is -2.12. The number of fused-ring (bicyclic) bond motifs is 1. The molecule has 3 N–H and O–H groups in total. The zero-order chi connectivity index (χ0) is 13.5. The number of carboxylic acids is 1. The number of rotatable bonds is 2. The van der Waals surface area contributed by atoms with Gasteiger partial charge in [0.05, 0.1) is 10.5 Å². The molecule has 2 aromatic rings. The summed E-state index contributed by atoms with van der Waals surface area (Å²) < 4.78 is 22.7. The third-order valence-corrected chi connectivity index (χ3v) is 3.45. The maximum Gasteiger partial charge on any atom is 0.335 e. The van der Waals surface area contributed by atoms with Crippen molar-refractivity contribution < 1.29 is 23.4 Å². The molecule has 0 saturated carbocycles. The lowest BCUT2D eigenvalue weighted by Crippen LogP contribution is -2.13. The number of carbonyl (C=O) groups is 1. The van der Waals surface area contributed by atoms with Crippen LogP contribution >= 0.6 is 0 Å². The Kier molecular flexibility index (Phi) is 2.72. The van der Waals surface area contributed by atoms with Gasteiger partial charge in [-0.15, -0.1) is 0 Å². The lowest BCUT2D eigenvalue weighted by Gasteiger charge is -2.13. The number of benzene rings is 2. The Hall–Kier alpha value is -2.12. The first kappa shape index (κ1) is 12.3. The highest BCUT2D eigenvalue weighted by molar-refractivity contribution is 7.89. The average Bonchev–Trinajstić information content (AvgIpc) is 2.25. The molecule has 2 rings (SSSR count). The molecule has 2 aromatic carbocycles. The lowest BCUT2D eigenvalue weighted by atomic mass is 10.1. The van der Waals surface area contributed by atoms with E-state index in [4.69, 9.17) is 10.2 Å². The Bertz CT molecular complexity index is 751. The summed E-state index contributed by atoms with van der Waals surface area (Å²) in [5.41, 5.74) is -0.408. The molecule has 0 amide bonds. The van der Waals surface area contributed by atoms with Crippen LogP contribution in [0.25, 0.3) is 10.8 Å². The van der Waals surface area contributed by atoms with Gasteiger partial charge >= 0.3 is 5.97 Å². The van der Waals surface area contributed by atoms with Gasteiger partial charge in [-0.25, -0.2) is 18.4 Å². The van der Waals surface area contributed by atoms with Crippen molar-refractivity contribution in [1.82, 2.24) is 0 Å². The summed E-state index contributed by atoms with van der Waals surface area (Å²) in [6.07, 6.45) is 0. The van der Waals surface area contributed by atoms with Gasteiger partial charge in [-0.2, -0.15) is 0 Å². The molecule has 18 heavy (non-hydrogen) atoms. The van der Waals surface area contributed by atoms with Gasteiger partial charge in [-0.05, 0) is 17.5 Å². The Morgan fingerprint density at radius 3 is 2.50 bits per heavy atom. The fraction of sp³-hybridized carbons (Fsp3) is 0. The molecule has 0 aliphatic heterocycles. The number of carboxylic acid groups (broad SMARTS) is 1. The first-order chi connectivity index (χ1) is 8.30. The van der Waals surface area contributed by atoms with Crippen LogP contribution in [0.2, 0.25) is 0 Å². The van der Waals surface area contributed by atoms with Gasteiger partial charge in [0.15, 0.2) is 0 Å². The third kappa shape index (κ3) is 2.01. The summed E-state index contributed by atoms with van der Waals surface area (Å²) in [6, 6.07) is 6.30. The molecular weight excluding hydrogens is 258 g/mol. The van der Waals surface area contributed by atoms with Gasteiger partial charge in [-0.1, -0.05) is 23.9 Å². The van der Waals surface area contributed by atoms with Crippen LogP contribution in [-0.2, 0) is 10.0 Å². The summed E-state index contributed by atoms with van der Waals surface area (Å²) in [5, 5.41) is 25.8. The molecule has 0 unspecified atom stereocenters. The van der Waals surface area contributed by atoms with E-state index >= 15 is 0 Å². The van der Waals surface area contributed by atoms with E-state index < -0.39 is 27.3 Å². The van der Waals surface area contributed by atoms with E-state index in [9.17, 15) is 18.3 Å². The van der Waals surface area contributed by atoms with Crippen molar-refractivity contribution in [2.24, 2.45) is 5.14 Å². The highest BCUT2D eigenvalue weighted by atomic mass is 32.2. The molecule has 0 spiro atoms. The monoisotopic (exact) mass is 266 g/mol. The highest BCUT2D eigenvalue weighted by Crippen LogP contribution is 2.27. The van der Waals surface area contributed by atoms with E-state index in [1.165, 1.54) is 18.2 Å². The largest absolute Gasteiger partial charge is 0.872 e. The molecule has 6 nitrogen and oxygen atoms in total. The molecule has 0 saturated heterocycles. The van der Waals surface area contributed by atoms with Crippen molar-refractivity contribution in [3.8, 4) is 5.75 Å². The number of sulfonamides is 1. The van der Waals surface area contributed by atoms with Crippen LogP contribution in [0, 0.1) is 0 Å². The minimum absolute atomic E-state index is 0.120. The SMILES string of the molecule is NS(=O)(=O)c1cccc2cc(C(=O)O)c([O-])cc12. The van der Waals surface area contributed by atoms with Gasteiger partial charge in [-0.3, -0.25) is 0 Å². The fourth-order valence-corrected chi connectivity index (χ4v) is 2.44. The van der Waals surface area contributed by atoms with E-state index in [0.29, 0.717) is 5.39 Å². The smallest absolute Gasteiger partial charge is 0.335 e. The average molecular weight is 266 g/mol. The van der Waals surface area contributed by atoms with Crippen LogP contribution in [0.4, 0.5) is 0 Å². The standard InChI is InChI=1S/C11H9NO5S/c12-18(16,17)10-3-1-2-6-4-8(11(14)15)9(13)5-7(6)10/h1-5,13H,(H,14,15)(H2,12,16,17)/p-1. The quantitative estimate of drug-likeness (QED) is 0.807. The Balaban J connectivity index is 2.89. The van der Waals surface area contributed by atoms with E-state index in [0.717, 1.165) is 12.1 Å². The van der Waals surface area contributed by atoms with Crippen LogP contribution in [0.5, 0.6) is 5.75 Å². The normalized spacial score (nSPS) is 11.6. The van der Waals surface area contributed by atoms with Crippen LogP contribution in [-0.4, -0.2) is 19.5 Å². The zero-order valence-corrected chi connectivity index (χ0v) is 9.77. The van der Waals surface area contributed by atoms with E-state index in [2.05, 4.69) is 0 Å². The summed E-state index contributed by atoms with van der Waals surface area (Å²) in [6.45, 7) is 0. The lowest BCUT2D eigenvalue weighted by molar-refractivity contribution is -0.268. The minimum atomic E-state index is -3.97. The Morgan fingerprint density at radius 1 is 1.28 bits per heavy atom. The van der Waals surface area contributed by atoms with Crippen molar-refractivity contribution in [3.63, 3.8) is 0 Å². The van der Waals surface area contributed by atoms with Gasteiger partial charge in [0.25, 0.3) is 0 Å². The Morgan fingerprint density at radius 2 is 1.94 bits per heavy atom. The Labute approximate surface area is 102 Å². The van der Waals surface area contributed by atoms with Gasteiger partial charge in [0, 0.05) is 5.39 Å². The molecule has 94 valence electrons. The van der Waals surface area contributed by atoms with Crippen molar-refractivity contribution in [2.75, 3.05) is 0 Å². The van der Waals surface area contributed by atoms with Crippen molar-refractivity contribution in [1.29, 1.82) is 0 Å². The van der Waals surface area contributed by atoms with Gasteiger partial charge in [0.1, 0.15) is 0 Å². The third-order valence-electron chi connectivity index (χ3n) is 2.48. The van der Waals surface area contributed by atoms with Gasteiger partial charge < -0.3 is 10.2 Å². The molecule has 0 bridgehead atoms. The van der Waals surface area contributed by atoms with E-state index in [-0.39, 0.29) is 10.3 Å². The van der Waals surface area contributed by atoms with Crippen LogP contribution in [0.1, 0.15) is 10.4 Å². The maximum absolute atomic E-state index is 11.5. The van der Waals surface area contributed by atoms with Crippen molar-refractivity contribution >= 4 is 26.8 Å². The number of hydrogen-bond acceptors (Lipinski definition) is 4. The molecule has 0 heterocycles. The topological polar surface area (TPSA) is 121 Å². The molecule has 7 heteroatoms. The number of nitrogens with two attached hydrogens (primary N) is 1. The number of aromatic carboxylic acids is 1.